The fraction of sp³-hybridized carbons (Fsp3) is 0.538. The van der Waals surface area contributed by atoms with Crippen LogP contribution in [0.1, 0.15) is 18.4 Å². The second-order valence-electron chi connectivity index (χ2n) is 5.13. The van der Waals surface area contributed by atoms with Crippen LogP contribution in [0.15, 0.2) is 18.3 Å². The number of nitrogens with one attached hydrogen (secondary N) is 1. The molecule has 3 heterocycles. The summed E-state index contributed by atoms with van der Waals surface area (Å²) in [5.74, 6) is 0.547. The molecule has 1 fully saturated rings. The van der Waals surface area contributed by atoms with Crippen LogP contribution in [0.2, 0.25) is 0 Å². The van der Waals surface area contributed by atoms with Crippen molar-refractivity contribution in [3.8, 4) is 0 Å². The average Bonchev–Trinajstić information content (AvgIpc) is 2.79. The number of hydrogen-bond donors (Lipinski definition) is 2. The lowest BCUT2D eigenvalue weighted by atomic mass is 9.94. The van der Waals surface area contributed by atoms with Crippen LogP contribution in [-0.4, -0.2) is 45.1 Å². The molecule has 0 atom stereocenters. The minimum atomic E-state index is -0.717. The first-order valence-electron chi connectivity index (χ1n) is 6.52. The van der Waals surface area contributed by atoms with E-state index < -0.39 is 5.60 Å². The third kappa shape index (κ3) is 2.69. The molecule has 0 aliphatic carbocycles. The molecule has 2 aromatic rings. The van der Waals surface area contributed by atoms with Crippen molar-refractivity contribution < 1.29 is 9.84 Å². The summed E-state index contributed by atoms with van der Waals surface area (Å²) in [4.78, 5) is 4.37. The van der Waals surface area contributed by atoms with Gasteiger partial charge >= 0.3 is 0 Å². The molecule has 6 heteroatoms. The van der Waals surface area contributed by atoms with Crippen LogP contribution in [0.25, 0.3) is 5.65 Å². The summed E-state index contributed by atoms with van der Waals surface area (Å²) in [7, 11) is 0. The predicted octanol–water partition coefficient (Wildman–Crippen LogP) is 0.991. The van der Waals surface area contributed by atoms with Crippen LogP contribution < -0.4 is 5.32 Å². The maximum atomic E-state index is 10.3. The number of hydrogen-bond acceptors (Lipinski definition) is 5. The maximum Gasteiger partial charge on any atom is 0.243 e. The van der Waals surface area contributed by atoms with Gasteiger partial charge < -0.3 is 15.2 Å². The third-order valence-corrected chi connectivity index (χ3v) is 3.48. The van der Waals surface area contributed by atoms with E-state index >= 15 is 0 Å². The summed E-state index contributed by atoms with van der Waals surface area (Å²) in [6.07, 6.45) is 3.22. The minimum absolute atomic E-state index is 0.451. The first kappa shape index (κ1) is 12.4. The number of aliphatic hydroxyl groups is 1. The summed E-state index contributed by atoms with van der Waals surface area (Å²) in [6.45, 7) is 3.68. The third-order valence-electron chi connectivity index (χ3n) is 3.48. The van der Waals surface area contributed by atoms with E-state index in [9.17, 15) is 5.11 Å². The van der Waals surface area contributed by atoms with Crippen molar-refractivity contribution in [2.24, 2.45) is 0 Å². The van der Waals surface area contributed by atoms with Crippen molar-refractivity contribution >= 4 is 11.6 Å². The number of ether oxygens (including phenoxy) is 1. The van der Waals surface area contributed by atoms with E-state index in [1.165, 1.54) is 0 Å². The number of rotatable bonds is 3. The molecule has 19 heavy (non-hydrogen) atoms. The molecule has 1 aliphatic rings. The standard InChI is InChI=1S/C13H18N4O2/c1-10-2-3-11-15-12(16-17(11)8-10)14-9-13(18)4-6-19-7-5-13/h2-3,8,18H,4-7,9H2,1H3,(H,14,16). The molecule has 0 spiro atoms. The SMILES string of the molecule is Cc1ccc2nc(NCC3(O)CCOCC3)nn2c1. The van der Waals surface area contributed by atoms with Crippen molar-refractivity contribution in [2.45, 2.75) is 25.4 Å². The topological polar surface area (TPSA) is 71.7 Å². The van der Waals surface area contributed by atoms with E-state index in [-0.39, 0.29) is 0 Å². The molecule has 0 saturated carbocycles. The Labute approximate surface area is 111 Å². The Morgan fingerprint density at radius 2 is 2.21 bits per heavy atom. The molecule has 1 saturated heterocycles. The number of aromatic nitrogens is 3. The second kappa shape index (κ2) is 4.79. The van der Waals surface area contributed by atoms with E-state index in [2.05, 4.69) is 15.4 Å². The van der Waals surface area contributed by atoms with Crippen molar-refractivity contribution in [1.82, 2.24) is 14.6 Å². The van der Waals surface area contributed by atoms with Gasteiger partial charge in [0.1, 0.15) is 0 Å². The van der Waals surface area contributed by atoms with Gasteiger partial charge in [-0.25, -0.2) is 4.52 Å². The molecule has 0 bridgehead atoms. The normalized spacial score (nSPS) is 18.6. The Morgan fingerprint density at radius 3 is 3.00 bits per heavy atom. The lowest BCUT2D eigenvalue weighted by Gasteiger charge is -2.31. The Balaban J connectivity index is 1.71. The predicted molar refractivity (Wildman–Crippen MR) is 71.2 cm³/mol. The lowest BCUT2D eigenvalue weighted by Crippen LogP contribution is -2.42. The molecule has 102 valence electrons. The van der Waals surface area contributed by atoms with Crippen LogP contribution in [0.3, 0.4) is 0 Å². The summed E-state index contributed by atoms with van der Waals surface area (Å²) >= 11 is 0. The Hall–Kier alpha value is -1.66. The van der Waals surface area contributed by atoms with Crippen molar-refractivity contribution in [3.05, 3.63) is 23.9 Å². The number of aryl methyl sites for hydroxylation is 1. The van der Waals surface area contributed by atoms with Gasteiger partial charge in [-0.15, -0.1) is 5.10 Å². The monoisotopic (exact) mass is 262 g/mol. The van der Waals surface area contributed by atoms with Gasteiger partial charge in [0.2, 0.25) is 5.95 Å². The molecule has 2 N–H and O–H groups in total. The zero-order chi connectivity index (χ0) is 13.3. The first-order valence-corrected chi connectivity index (χ1v) is 6.52. The van der Waals surface area contributed by atoms with Gasteiger partial charge in [-0.2, -0.15) is 4.98 Å². The summed E-state index contributed by atoms with van der Waals surface area (Å²) < 4.78 is 7.00. The van der Waals surface area contributed by atoms with Crippen LogP contribution in [-0.2, 0) is 4.74 Å². The number of pyridine rings is 1. The van der Waals surface area contributed by atoms with Gasteiger partial charge in [-0.3, -0.25) is 0 Å². The summed E-state index contributed by atoms with van der Waals surface area (Å²) in [6, 6.07) is 3.93. The smallest absolute Gasteiger partial charge is 0.243 e. The lowest BCUT2D eigenvalue weighted by molar-refractivity contribution is -0.0544. The van der Waals surface area contributed by atoms with E-state index in [1.54, 1.807) is 4.52 Å². The first-order chi connectivity index (χ1) is 9.15. The highest BCUT2D eigenvalue weighted by molar-refractivity contribution is 5.44. The Bertz CT molecular complexity index is 575. The zero-order valence-corrected chi connectivity index (χ0v) is 11.0. The molecule has 6 nitrogen and oxygen atoms in total. The molecular weight excluding hydrogens is 244 g/mol. The molecule has 3 rings (SSSR count). The number of fused-ring (bicyclic) bond motifs is 1. The van der Waals surface area contributed by atoms with Crippen molar-refractivity contribution in [1.29, 1.82) is 0 Å². The highest BCUT2D eigenvalue weighted by Gasteiger charge is 2.29. The van der Waals surface area contributed by atoms with E-state index in [0.717, 1.165) is 11.2 Å². The van der Waals surface area contributed by atoms with Gasteiger partial charge in [-0.1, -0.05) is 6.07 Å². The zero-order valence-electron chi connectivity index (χ0n) is 11.0. The van der Waals surface area contributed by atoms with Crippen LogP contribution in [0, 0.1) is 6.92 Å². The largest absolute Gasteiger partial charge is 0.388 e. The molecule has 0 radical (unpaired) electrons. The van der Waals surface area contributed by atoms with Gasteiger partial charge in [0.25, 0.3) is 0 Å². The quantitative estimate of drug-likeness (QED) is 0.863. The van der Waals surface area contributed by atoms with Gasteiger partial charge in [-0.05, 0) is 18.6 Å². The Morgan fingerprint density at radius 1 is 1.42 bits per heavy atom. The molecule has 0 aromatic carbocycles. The number of nitrogens with zero attached hydrogens (tertiary/aromatic N) is 3. The van der Waals surface area contributed by atoms with Gasteiger partial charge in [0, 0.05) is 38.8 Å². The molecule has 0 amide bonds. The van der Waals surface area contributed by atoms with Crippen molar-refractivity contribution in [2.75, 3.05) is 25.1 Å². The average molecular weight is 262 g/mol. The maximum absolute atomic E-state index is 10.3. The molecule has 0 unspecified atom stereocenters. The highest BCUT2D eigenvalue weighted by Crippen LogP contribution is 2.20. The van der Waals surface area contributed by atoms with E-state index in [1.807, 2.05) is 25.3 Å². The number of anilines is 1. The van der Waals surface area contributed by atoms with E-state index in [0.29, 0.717) is 38.5 Å². The fourth-order valence-corrected chi connectivity index (χ4v) is 2.23. The fourth-order valence-electron chi connectivity index (χ4n) is 2.23. The highest BCUT2D eigenvalue weighted by atomic mass is 16.5. The Kier molecular flexibility index (Phi) is 3.12. The van der Waals surface area contributed by atoms with Crippen LogP contribution in [0.5, 0.6) is 0 Å². The van der Waals surface area contributed by atoms with Gasteiger partial charge in [0.05, 0.1) is 5.60 Å². The van der Waals surface area contributed by atoms with Gasteiger partial charge in [0.15, 0.2) is 5.65 Å². The molecular formula is C13H18N4O2. The molecule has 2 aromatic heterocycles. The minimum Gasteiger partial charge on any atom is -0.388 e. The molecule has 1 aliphatic heterocycles. The second-order valence-corrected chi connectivity index (χ2v) is 5.13. The van der Waals surface area contributed by atoms with Crippen LogP contribution >= 0.6 is 0 Å². The summed E-state index contributed by atoms with van der Waals surface area (Å²) in [5.41, 5.74) is 1.21. The van der Waals surface area contributed by atoms with E-state index in [4.69, 9.17) is 4.74 Å². The summed E-state index contributed by atoms with van der Waals surface area (Å²) in [5, 5.41) is 17.8. The van der Waals surface area contributed by atoms with Crippen molar-refractivity contribution in [3.63, 3.8) is 0 Å². The van der Waals surface area contributed by atoms with Crippen LogP contribution in [0.4, 0.5) is 5.95 Å².